The van der Waals surface area contributed by atoms with Crippen LogP contribution in [-0.4, -0.2) is 5.91 Å². The predicted octanol–water partition coefficient (Wildman–Crippen LogP) is -0.0993. The van der Waals surface area contributed by atoms with Crippen molar-refractivity contribution in [1.82, 2.24) is 0 Å². The second-order valence-electron chi connectivity index (χ2n) is 1.36. The fourth-order valence-corrected chi connectivity index (χ4v) is 0.194. The molecule has 3 nitrogen and oxygen atoms in total. The Bertz CT molecular complexity index is 137. The molecule has 0 bridgehead atoms. The summed E-state index contributed by atoms with van der Waals surface area (Å²) in [6.45, 7) is 1.51. The quantitative estimate of drug-likeness (QED) is 0.492. The van der Waals surface area contributed by atoms with Crippen LogP contribution in [0.3, 0.4) is 0 Å². The Morgan fingerprint density at radius 2 is 1.88 bits per heavy atom. The van der Waals surface area contributed by atoms with Crippen molar-refractivity contribution in [3.05, 3.63) is 10.7 Å². The highest BCUT2D eigenvalue weighted by atomic mass is 35.5. The van der Waals surface area contributed by atoms with E-state index < -0.39 is 5.91 Å². The molecule has 4 heteroatoms. The molecular weight excluding hydrogens is 128 g/mol. The number of hydrogen-bond acceptors (Lipinski definition) is 2. The van der Waals surface area contributed by atoms with Crippen molar-refractivity contribution in [3.8, 4) is 0 Å². The number of nitrogens with two attached hydrogens (primary N) is 2. The van der Waals surface area contributed by atoms with E-state index in [0.29, 0.717) is 0 Å². The monoisotopic (exact) mass is 134 g/mol. The molecule has 0 unspecified atom stereocenters. The fraction of sp³-hybridized carbons (Fsp3) is 0.250. The molecule has 0 atom stereocenters. The number of hydrogen-bond donors (Lipinski definition) is 2. The highest BCUT2D eigenvalue weighted by Gasteiger charge is 2.00. The van der Waals surface area contributed by atoms with Gasteiger partial charge in [0.25, 0.3) is 5.91 Å². The molecule has 0 aromatic carbocycles. The van der Waals surface area contributed by atoms with Gasteiger partial charge in [-0.05, 0) is 6.92 Å². The maximum absolute atomic E-state index is 10.1. The fourth-order valence-electron chi connectivity index (χ4n) is 0.194. The van der Waals surface area contributed by atoms with Gasteiger partial charge in [0.05, 0.1) is 0 Å². The molecule has 0 spiro atoms. The van der Waals surface area contributed by atoms with Crippen LogP contribution in [0.2, 0.25) is 0 Å². The summed E-state index contributed by atoms with van der Waals surface area (Å²) in [5, 5.41) is -0.0926. The van der Waals surface area contributed by atoms with Crippen molar-refractivity contribution in [2.24, 2.45) is 11.5 Å². The van der Waals surface area contributed by atoms with Gasteiger partial charge in [-0.2, -0.15) is 0 Å². The van der Waals surface area contributed by atoms with Gasteiger partial charge in [0.15, 0.2) is 0 Å². The van der Waals surface area contributed by atoms with Crippen LogP contribution in [0.25, 0.3) is 0 Å². The van der Waals surface area contributed by atoms with Crippen molar-refractivity contribution in [3.63, 3.8) is 0 Å². The van der Waals surface area contributed by atoms with E-state index in [-0.39, 0.29) is 10.7 Å². The Kier molecular flexibility index (Phi) is 2.34. The van der Waals surface area contributed by atoms with Gasteiger partial charge in [0.2, 0.25) is 0 Å². The van der Waals surface area contributed by atoms with E-state index in [0.717, 1.165) is 0 Å². The minimum Gasteiger partial charge on any atom is -0.401 e. The minimum atomic E-state index is -0.688. The van der Waals surface area contributed by atoms with E-state index >= 15 is 0 Å². The van der Waals surface area contributed by atoms with E-state index in [9.17, 15) is 4.79 Å². The summed E-state index contributed by atoms with van der Waals surface area (Å²) >= 11 is 5.23. The van der Waals surface area contributed by atoms with Crippen LogP contribution in [0, 0.1) is 0 Å². The summed E-state index contributed by atoms with van der Waals surface area (Å²) in [7, 11) is 0. The standard InChI is InChI=1S/C4H7ClN2O/c1-2(6)3(5)4(7)8/h6H2,1H3,(H2,7,8)/b3-2+. The van der Waals surface area contributed by atoms with E-state index in [1.807, 2.05) is 0 Å². The summed E-state index contributed by atoms with van der Waals surface area (Å²) in [5.74, 6) is -0.688. The molecule has 0 aromatic rings. The van der Waals surface area contributed by atoms with Crippen LogP contribution in [-0.2, 0) is 4.79 Å². The maximum atomic E-state index is 10.1. The lowest BCUT2D eigenvalue weighted by molar-refractivity contribution is -0.114. The summed E-state index contributed by atoms with van der Waals surface area (Å²) in [5.41, 5.74) is 10.1. The summed E-state index contributed by atoms with van der Waals surface area (Å²) in [4.78, 5) is 10.1. The highest BCUT2D eigenvalue weighted by Crippen LogP contribution is 2.01. The zero-order valence-electron chi connectivity index (χ0n) is 4.44. The molecule has 0 aliphatic heterocycles. The van der Waals surface area contributed by atoms with E-state index in [2.05, 4.69) is 0 Å². The lowest BCUT2D eigenvalue weighted by Crippen LogP contribution is -2.13. The first kappa shape index (κ1) is 7.30. The van der Waals surface area contributed by atoms with Gasteiger partial charge in [0.1, 0.15) is 5.03 Å². The van der Waals surface area contributed by atoms with Crippen LogP contribution in [0.4, 0.5) is 0 Å². The van der Waals surface area contributed by atoms with Crippen molar-refractivity contribution >= 4 is 17.5 Å². The van der Waals surface area contributed by atoms with Crippen LogP contribution >= 0.6 is 11.6 Å². The smallest absolute Gasteiger partial charge is 0.261 e. The molecule has 0 aromatic heterocycles. The maximum Gasteiger partial charge on any atom is 0.261 e. The van der Waals surface area contributed by atoms with Crippen LogP contribution in [0.15, 0.2) is 10.7 Å². The first-order chi connectivity index (χ1) is 3.55. The number of rotatable bonds is 1. The Morgan fingerprint density at radius 3 is 1.88 bits per heavy atom. The van der Waals surface area contributed by atoms with Crippen LogP contribution in [0.1, 0.15) is 6.92 Å². The average molecular weight is 135 g/mol. The number of amides is 1. The molecule has 0 saturated heterocycles. The molecule has 4 N–H and O–H groups in total. The Morgan fingerprint density at radius 1 is 1.50 bits per heavy atom. The molecule has 8 heavy (non-hydrogen) atoms. The lowest BCUT2D eigenvalue weighted by atomic mass is 10.4. The van der Waals surface area contributed by atoms with Gasteiger partial charge in [-0.15, -0.1) is 0 Å². The molecule has 46 valence electrons. The Balaban J connectivity index is 4.23. The molecule has 0 aliphatic rings. The van der Waals surface area contributed by atoms with E-state index in [1.54, 1.807) is 0 Å². The zero-order valence-corrected chi connectivity index (χ0v) is 5.20. The Hall–Kier alpha value is -0.700. The summed E-state index contributed by atoms with van der Waals surface area (Å²) in [6, 6.07) is 0. The third-order valence-electron chi connectivity index (χ3n) is 0.563. The van der Waals surface area contributed by atoms with Crippen molar-refractivity contribution < 1.29 is 4.79 Å². The number of allylic oxidation sites excluding steroid dienone is 1. The molecule has 0 radical (unpaired) electrons. The van der Waals surface area contributed by atoms with E-state index in [1.165, 1.54) is 6.92 Å². The normalized spacial score (nSPS) is 12.8. The number of carbonyl (C=O) groups excluding carboxylic acids is 1. The minimum absolute atomic E-state index is 0.0926. The van der Waals surface area contributed by atoms with Crippen LogP contribution < -0.4 is 11.5 Å². The number of halogens is 1. The molecule has 1 amide bonds. The predicted molar refractivity (Wildman–Crippen MR) is 31.9 cm³/mol. The molecule has 0 rings (SSSR count). The second-order valence-corrected chi connectivity index (χ2v) is 1.74. The first-order valence-electron chi connectivity index (χ1n) is 1.97. The van der Waals surface area contributed by atoms with Gasteiger partial charge >= 0.3 is 0 Å². The summed E-state index contributed by atoms with van der Waals surface area (Å²) < 4.78 is 0. The van der Waals surface area contributed by atoms with E-state index in [4.69, 9.17) is 23.1 Å². The highest BCUT2D eigenvalue weighted by molar-refractivity contribution is 6.42. The molecule has 0 fully saturated rings. The van der Waals surface area contributed by atoms with Gasteiger partial charge in [-0.25, -0.2) is 0 Å². The van der Waals surface area contributed by atoms with Gasteiger partial charge < -0.3 is 11.5 Å². The lowest BCUT2D eigenvalue weighted by Gasteiger charge is -1.91. The van der Waals surface area contributed by atoms with Gasteiger partial charge in [0, 0.05) is 5.70 Å². The van der Waals surface area contributed by atoms with Gasteiger partial charge in [-0.1, -0.05) is 11.6 Å². The largest absolute Gasteiger partial charge is 0.401 e. The SMILES string of the molecule is C/C(N)=C(\Cl)C(N)=O. The third-order valence-corrected chi connectivity index (χ3v) is 1.05. The first-order valence-corrected chi connectivity index (χ1v) is 2.35. The zero-order chi connectivity index (χ0) is 6.73. The molecule has 0 saturated carbocycles. The topological polar surface area (TPSA) is 69.1 Å². The molecule has 0 aliphatic carbocycles. The molecule has 0 heterocycles. The van der Waals surface area contributed by atoms with Crippen molar-refractivity contribution in [1.29, 1.82) is 0 Å². The number of carbonyl (C=O) groups is 1. The number of primary amides is 1. The summed E-state index contributed by atoms with van der Waals surface area (Å²) in [6.07, 6.45) is 0. The second kappa shape index (κ2) is 2.57. The average Bonchev–Trinajstić information content (AvgIpc) is 1.64. The van der Waals surface area contributed by atoms with Crippen LogP contribution in [0.5, 0.6) is 0 Å². The van der Waals surface area contributed by atoms with Gasteiger partial charge in [-0.3, -0.25) is 4.79 Å². The Labute approximate surface area is 52.3 Å². The molecular formula is C4H7ClN2O. The van der Waals surface area contributed by atoms with Crippen molar-refractivity contribution in [2.75, 3.05) is 0 Å². The van der Waals surface area contributed by atoms with Crippen molar-refractivity contribution in [2.45, 2.75) is 6.92 Å². The third kappa shape index (κ3) is 1.84.